The van der Waals surface area contributed by atoms with E-state index in [0.717, 1.165) is 30.4 Å². The van der Waals surface area contributed by atoms with Gasteiger partial charge in [0.05, 0.1) is 6.61 Å². The number of rotatable bonds is 11. The SMILES string of the molecule is CCOCCOc1cc(C)ccc1CNC(=NC)NCCN(C)C(C)C. The molecule has 0 saturated carbocycles. The van der Waals surface area contributed by atoms with Crippen molar-refractivity contribution >= 4 is 5.96 Å². The molecule has 1 rings (SSSR count). The highest BCUT2D eigenvalue weighted by molar-refractivity contribution is 5.79. The molecule has 6 heteroatoms. The number of aryl methyl sites for hydroxylation is 1. The summed E-state index contributed by atoms with van der Waals surface area (Å²) in [4.78, 5) is 6.59. The van der Waals surface area contributed by atoms with Gasteiger partial charge in [-0.05, 0) is 46.4 Å². The molecular formula is C20H36N4O2. The molecule has 1 aromatic carbocycles. The predicted octanol–water partition coefficient (Wildman–Crippen LogP) is 2.42. The molecule has 0 aliphatic carbocycles. The standard InChI is InChI=1S/C20H36N4O2/c1-7-25-12-13-26-19-14-17(4)8-9-18(19)15-23-20(21-5)22-10-11-24(6)16(2)3/h8-9,14,16H,7,10-13,15H2,1-6H3,(H2,21,22,23). The summed E-state index contributed by atoms with van der Waals surface area (Å²) in [6, 6.07) is 6.80. The van der Waals surface area contributed by atoms with Crippen molar-refractivity contribution in [1.29, 1.82) is 0 Å². The van der Waals surface area contributed by atoms with Gasteiger partial charge >= 0.3 is 0 Å². The number of hydrogen-bond donors (Lipinski definition) is 2. The minimum atomic E-state index is 0.538. The minimum absolute atomic E-state index is 0.538. The van der Waals surface area contributed by atoms with Crippen molar-refractivity contribution in [2.75, 3.05) is 47.0 Å². The topological polar surface area (TPSA) is 58.1 Å². The van der Waals surface area contributed by atoms with Crippen molar-refractivity contribution in [3.05, 3.63) is 29.3 Å². The Balaban J connectivity index is 2.53. The first-order chi connectivity index (χ1) is 12.5. The molecule has 0 radical (unpaired) electrons. The van der Waals surface area contributed by atoms with Gasteiger partial charge in [-0.25, -0.2) is 0 Å². The van der Waals surface area contributed by atoms with E-state index in [4.69, 9.17) is 9.47 Å². The van der Waals surface area contributed by atoms with Gasteiger partial charge in [-0.1, -0.05) is 12.1 Å². The third-order valence-corrected chi connectivity index (χ3v) is 4.22. The van der Waals surface area contributed by atoms with Crippen LogP contribution in [0.5, 0.6) is 5.75 Å². The Morgan fingerprint density at radius 2 is 2.00 bits per heavy atom. The fourth-order valence-corrected chi connectivity index (χ4v) is 2.31. The van der Waals surface area contributed by atoms with Crippen molar-refractivity contribution in [2.45, 2.75) is 40.3 Å². The van der Waals surface area contributed by atoms with E-state index in [1.54, 1.807) is 7.05 Å². The van der Waals surface area contributed by atoms with Crippen LogP contribution in [0, 0.1) is 6.92 Å². The number of ether oxygens (including phenoxy) is 2. The van der Waals surface area contributed by atoms with Gasteiger partial charge in [-0.3, -0.25) is 4.99 Å². The zero-order valence-corrected chi connectivity index (χ0v) is 17.3. The first-order valence-electron chi connectivity index (χ1n) is 9.42. The van der Waals surface area contributed by atoms with E-state index in [2.05, 4.69) is 66.5 Å². The van der Waals surface area contributed by atoms with Crippen LogP contribution < -0.4 is 15.4 Å². The molecule has 0 saturated heterocycles. The summed E-state index contributed by atoms with van der Waals surface area (Å²) >= 11 is 0. The van der Waals surface area contributed by atoms with E-state index in [1.165, 1.54) is 5.56 Å². The molecule has 26 heavy (non-hydrogen) atoms. The van der Waals surface area contributed by atoms with E-state index in [1.807, 2.05) is 6.92 Å². The largest absolute Gasteiger partial charge is 0.491 e. The second-order valence-electron chi connectivity index (χ2n) is 6.58. The predicted molar refractivity (Wildman–Crippen MR) is 109 cm³/mol. The number of nitrogens with zero attached hydrogens (tertiary/aromatic N) is 2. The average Bonchev–Trinajstić information content (AvgIpc) is 2.62. The second-order valence-corrected chi connectivity index (χ2v) is 6.58. The van der Waals surface area contributed by atoms with Gasteiger partial charge < -0.3 is 25.0 Å². The van der Waals surface area contributed by atoms with Crippen LogP contribution in [0.25, 0.3) is 0 Å². The molecule has 0 atom stereocenters. The summed E-state index contributed by atoms with van der Waals surface area (Å²) in [6.07, 6.45) is 0. The molecular weight excluding hydrogens is 328 g/mol. The van der Waals surface area contributed by atoms with Crippen LogP contribution in [0.1, 0.15) is 31.9 Å². The summed E-state index contributed by atoms with van der Waals surface area (Å²) in [5.41, 5.74) is 2.29. The lowest BCUT2D eigenvalue weighted by Crippen LogP contribution is -2.41. The van der Waals surface area contributed by atoms with Crippen molar-refractivity contribution in [2.24, 2.45) is 4.99 Å². The zero-order valence-electron chi connectivity index (χ0n) is 17.3. The summed E-state index contributed by atoms with van der Waals surface area (Å²) in [6.45, 7) is 12.8. The van der Waals surface area contributed by atoms with Gasteiger partial charge in [-0.15, -0.1) is 0 Å². The summed E-state index contributed by atoms with van der Waals surface area (Å²) in [5.74, 6) is 1.69. The Hall–Kier alpha value is -1.79. The van der Waals surface area contributed by atoms with Crippen LogP contribution in [-0.4, -0.2) is 63.9 Å². The van der Waals surface area contributed by atoms with Gasteiger partial charge in [0, 0.05) is 44.9 Å². The lowest BCUT2D eigenvalue weighted by molar-refractivity contribution is 0.110. The molecule has 0 aliphatic heterocycles. The highest BCUT2D eigenvalue weighted by Crippen LogP contribution is 2.20. The quantitative estimate of drug-likeness (QED) is 0.359. The molecule has 0 fully saturated rings. The molecule has 0 unspecified atom stereocenters. The molecule has 6 nitrogen and oxygen atoms in total. The summed E-state index contributed by atoms with van der Waals surface area (Å²) in [7, 11) is 3.91. The third-order valence-electron chi connectivity index (χ3n) is 4.22. The van der Waals surface area contributed by atoms with Gasteiger partial charge in [-0.2, -0.15) is 0 Å². The molecule has 1 aromatic rings. The van der Waals surface area contributed by atoms with Crippen molar-refractivity contribution in [3.63, 3.8) is 0 Å². The van der Waals surface area contributed by atoms with Gasteiger partial charge in [0.15, 0.2) is 5.96 Å². The van der Waals surface area contributed by atoms with Crippen molar-refractivity contribution < 1.29 is 9.47 Å². The lowest BCUT2D eigenvalue weighted by Gasteiger charge is -2.22. The Bertz CT molecular complexity index is 547. The smallest absolute Gasteiger partial charge is 0.191 e. The number of guanidine groups is 1. The lowest BCUT2D eigenvalue weighted by atomic mass is 10.1. The molecule has 0 aromatic heterocycles. The maximum atomic E-state index is 5.89. The van der Waals surface area contributed by atoms with E-state index >= 15 is 0 Å². The third kappa shape index (κ3) is 8.54. The van der Waals surface area contributed by atoms with E-state index in [9.17, 15) is 0 Å². The van der Waals surface area contributed by atoms with E-state index < -0.39 is 0 Å². The summed E-state index contributed by atoms with van der Waals surface area (Å²) in [5, 5.41) is 6.71. The molecule has 0 bridgehead atoms. The molecule has 2 N–H and O–H groups in total. The highest BCUT2D eigenvalue weighted by Gasteiger charge is 2.07. The Labute approximate surface area is 159 Å². The van der Waals surface area contributed by atoms with Crippen molar-refractivity contribution in [3.8, 4) is 5.75 Å². The fraction of sp³-hybridized carbons (Fsp3) is 0.650. The maximum absolute atomic E-state index is 5.89. The molecule has 0 amide bonds. The second kappa shape index (κ2) is 12.5. The fourth-order valence-electron chi connectivity index (χ4n) is 2.31. The average molecular weight is 365 g/mol. The first-order valence-corrected chi connectivity index (χ1v) is 9.42. The van der Waals surface area contributed by atoms with Crippen LogP contribution in [0.15, 0.2) is 23.2 Å². The normalized spacial score (nSPS) is 11.9. The molecule has 0 spiro atoms. The maximum Gasteiger partial charge on any atom is 0.191 e. The van der Waals surface area contributed by atoms with Crippen LogP contribution in [-0.2, 0) is 11.3 Å². The first kappa shape index (κ1) is 22.3. The van der Waals surface area contributed by atoms with Crippen LogP contribution in [0.3, 0.4) is 0 Å². The monoisotopic (exact) mass is 364 g/mol. The Morgan fingerprint density at radius 1 is 1.23 bits per heavy atom. The number of nitrogens with one attached hydrogen (secondary N) is 2. The number of aliphatic imine (C=N–C) groups is 1. The molecule has 0 heterocycles. The van der Waals surface area contributed by atoms with Gasteiger partial charge in [0.1, 0.15) is 12.4 Å². The highest BCUT2D eigenvalue weighted by atomic mass is 16.5. The number of hydrogen-bond acceptors (Lipinski definition) is 4. The number of likely N-dealkylation sites (N-methyl/N-ethyl adjacent to an activating group) is 1. The van der Waals surface area contributed by atoms with Gasteiger partial charge in [0.25, 0.3) is 0 Å². The zero-order chi connectivity index (χ0) is 19.4. The van der Waals surface area contributed by atoms with Crippen LogP contribution in [0.2, 0.25) is 0 Å². The van der Waals surface area contributed by atoms with Gasteiger partial charge in [0.2, 0.25) is 0 Å². The van der Waals surface area contributed by atoms with E-state index in [0.29, 0.717) is 32.4 Å². The molecule has 148 valence electrons. The Kier molecular flexibility index (Phi) is 10.7. The van der Waals surface area contributed by atoms with E-state index in [-0.39, 0.29) is 0 Å². The minimum Gasteiger partial charge on any atom is -0.491 e. The molecule has 0 aliphatic rings. The van der Waals surface area contributed by atoms with Crippen molar-refractivity contribution in [1.82, 2.24) is 15.5 Å². The van der Waals surface area contributed by atoms with Crippen LogP contribution >= 0.6 is 0 Å². The summed E-state index contributed by atoms with van der Waals surface area (Å²) < 4.78 is 11.2. The number of benzene rings is 1. The van der Waals surface area contributed by atoms with Crippen LogP contribution in [0.4, 0.5) is 0 Å². The Morgan fingerprint density at radius 3 is 2.65 bits per heavy atom.